The first kappa shape index (κ1) is 25.2. The van der Waals surface area contributed by atoms with E-state index >= 15 is 0 Å². The third-order valence-electron chi connectivity index (χ3n) is 5.04. The fourth-order valence-corrected chi connectivity index (χ4v) is 3.60. The Labute approximate surface area is 193 Å². The van der Waals surface area contributed by atoms with Crippen molar-refractivity contribution in [3.05, 3.63) is 28.2 Å². The Morgan fingerprint density at radius 1 is 1.16 bits per heavy atom. The van der Waals surface area contributed by atoms with Gasteiger partial charge >= 0.3 is 5.97 Å². The van der Waals surface area contributed by atoms with Crippen molar-refractivity contribution in [2.24, 2.45) is 11.8 Å². The summed E-state index contributed by atoms with van der Waals surface area (Å²) in [6.07, 6.45) is 1.53. The van der Waals surface area contributed by atoms with E-state index in [9.17, 15) is 14.4 Å². The van der Waals surface area contributed by atoms with E-state index in [1.165, 1.54) is 4.90 Å². The highest BCUT2D eigenvalue weighted by Crippen LogP contribution is 2.27. The molecule has 1 aliphatic rings. The molecule has 31 heavy (non-hydrogen) atoms. The van der Waals surface area contributed by atoms with Crippen molar-refractivity contribution in [2.75, 3.05) is 26.3 Å². The maximum atomic E-state index is 13.1. The first-order valence-electron chi connectivity index (χ1n) is 10.9. The third kappa shape index (κ3) is 7.83. The van der Waals surface area contributed by atoms with Gasteiger partial charge in [-0.15, -0.1) is 0 Å². The van der Waals surface area contributed by atoms with Crippen molar-refractivity contribution in [1.29, 1.82) is 0 Å². The number of halogens is 1. The Morgan fingerprint density at radius 3 is 2.48 bits per heavy atom. The Bertz CT molecular complexity index is 781. The van der Waals surface area contributed by atoms with E-state index in [-0.39, 0.29) is 18.2 Å². The predicted molar refractivity (Wildman–Crippen MR) is 122 cm³/mol. The Kier molecular flexibility index (Phi) is 9.81. The maximum absolute atomic E-state index is 13.1. The van der Waals surface area contributed by atoms with Crippen LogP contribution in [0.3, 0.4) is 0 Å². The van der Waals surface area contributed by atoms with E-state index in [1.807, 2.05) is 13.8 Å². The minimum Gasteiger partial charge on any atom is -0.492 e. The van der Waals surface area contributed by atoms with E-state index in [0.29, 0.717) is 53.9 Å². The van der Waals surface area contributed by atoms with Crippen LogP contribution in [0.5, 0.6) is 5.75 Å². The number of carbonyl (C=O) groups excluding carboxylic acids is 3. The molecule has 8 heteroatoms. The van der Waals surface area contributed by atoms with Gasteiger partial charge in [0.05, 0.1) is 24.1 Å². The molecule has 172 valence electrons. The Hall–Kier alpha value is -2.09. The van der Waals surface area contributed by atoms with Gasteiger partial charge in [0.1, 0.15) is 11.8 Å². The van der Waals surface area contributed by atoms with Gasteiger partial charge in [-0.1, -0.05) is 27.7 Å². The molecule has 1 fully saturated rings. The standard InChI is InChI=1S/C23H33BrN2O5/c1-15(2)7-11-30-20-6-5-17(13-18(20)24)23(29)26-10-9-25-22(28)19(26)14-21(27)31-12-8-16(3)4/h5-6,13,15-16,19H,7-12,14H2,1-4H3,(H,25,28). The molecule has 7 nitrogen and oxygen atoms in total. The highest BCUT2D eigenvalue weighted by molar-refractivity contribution is 9.10. The lowest BCUT2D eigenvalue weighted by molar-refractivity contribution is -0.148. The molecule has 1 aromatic rings. The van der Waals surface area contributed by atoms with Crippen LogP contribution in [-0.4, -0.2) is 55.0 Å². The van der Waals surface area contributed by atoms with E-state index < -0.39 is 12.0 Å². The molecule has 0 radical (unpaired) electrons. The average molecular weight is 497 g/mol. The van der Waals surface area contributed by atoms with Gasteiger partial charge in [0, 0.05) is 18.7 Å². The summed E-state index contributed by atoms with van der Waals surface area (Å²) in [5, 5.41) is 2.73. The van der Waals surface area contributed by atoms with Gasteiger partial charge in [0.2, 0.25) is 5.91 Å². The second-order valence-corrected chi connectivity index (χ2v) is 9.44. The van der Waals surface area contributed by atoms with Gasteiger partial charge in [0.25, 0.3) is 5.91 Å². The number of carbonyl (C=O) groups is 3. The van der Waals surface area contributed by atoms with Crippen molar-refractivity contribution < 1.29 is 23.9 Å². The summed E-state index contributed by atoms with van der Waals surface area (Å²) in [6.45, 7) is 9.93. The zero-order chi connectivity index (χ0) is 23.0. The van der Waals surface area contributed by atoms with E-state index in [0.717, 1.165) is 12.8 Å². The lowest BCUT2D eigenvalue weighted by Crippen LogP contribution is -2.57. The van der Waals surface area contributed by atoms with Crippen LogP contribution >= 0.6 is 15.9 Å². The summed E-state index contributed by atoms with van der Waals surface area (Å²) >= 11 is 3.46. The minimum atomic E-state index is -0.881. The number of hydrogen-bond acceptors (Lipinski definition) is 5. The molecule has 1 heterocycles. The largest absolute Gasteiger partial charge is 0.492 e. The average Bonchev–Trinajstić information content (AvgIpc) is 2.69. The number of benzene rings is 1. The second kappa shape index (κ2) is 12.1. The second-order valence-electron chi connectivity index (χ2n) is 8.59. The van der Waals surface area contributed by atoms with Crippen LogP contribution in [0.2, 0.25) is 0 Å². The van der Waals surface area contributed by atoms with Crippen molar-refractivity contribution in [1.82, 2.24) is 10.2 Å². The molecule has 0 spiro atoms. The van der Waals surface area contributed by atoms with Gasteiger partial charge in [-0.3, -0.25) is 14.4 Å². The Balaban J connectivity index is 2.05. The van der Waals surface area contributed by atoms with E-state index in [4.69, 9.17) is 9.47 Å². The summed E-state index contributed by atoms with van der Waals surface area (Å²) < 4.78 is 11.7. The molecule has 2 rings (SSSR count). The molecule has 1 saturated heterocycles. The molecule has 0 aliphatic carbocycles. The molecular formula is C23H33BrN2O5. The van der Waals surface area contributed by atoms with Gasteiger partial charge in [0.15, 0.2) is 0 Å². The summed E-state index contributed by atoms with van der Waals surface area (Å²) in [6, 6.07) is 4.24. The number of nitrogens with zero attached hydrogens (tertiary/aromatic N) is 1. The van der Waals surface area contributed by atoms with Crippen LogP contribution in [0.1, 0.15) is 57.3 Å². The van der Waals surface area contributed by atoms with Crippen LogP contribution in [0, 0.1) is 11.8 Å². The smallest absolute Gasteiger partial charge is 0.308 e. The molecule has 1 unspecified atom stereocenters. The highest BCUT2D eigenvalue weighted by Gasteiger charge is 2.35. The first-order chi connectivity index (χ1) is 14.7. The minimum absolute atomic E-state index is 0.159. The van der Waals surface area contributed by atoms with Crippen LogP contribution in [-0.2, 0) is 14.3 Å². The number of amides is 2. The normalized spacial score (nSPS) is 16.4. The van der Waals surface area contributed by atoms with Gasteiger partial charge in [-0.25, -0.2) is 0 Å². The molecule has 0 aromatic heterocycles. The molecule has 2 amide bonds. The monoisotopic (exact) mass is 496 g/mol. The highest BCUT2D eigenvalue weighted by atomic mass is 79.9. The Morgan fingerprint density at radius 2 is 1.84 bits per heavy atom. The topological polar surface area (TPSA) is 84.9 Å². The quantitative estimate of drug-likeness (QED) is 0.498. The summed E-state index contributed by atoms with van der Waals surface area (Å²) in [5.74, 6) is 0.505. The lowest BCUT2D eigenvalue weighted by Gasteiger charge is -2.34. The number of ether oxygens (including phenoxy) is 2. The number of rotatable bonds is 10. The van der Waals surface area contributed by atoms with Crippen molar-refractivity contribution >= 4 is 33.7 Å². The molecule has 1 aromatic carbocycles. The fourth-order valence-electron chi connectivity index (χ4n) is 3.11. The number of piperazine rings is 1. The zero-order valence-corrected chi connectivity index (χ0v) is 20.4. The summed E-state index contributed by atoms with van der Waals surface area (Å²) in [5.41, 5.74) is 0.427. The predicted octanol–water partition coefficient (Wildman–Crippen LogP) is 3.79. The summed E-state index contributed by atoms with van der Waals surface area (Å²) in [7, 11) is 0. The maximum Gasteiger partial charge on any atom is 0.308 e. The van der Waals surface area contributed by atoms with Gasteiger partial charge in [-0.2, -0.15) is 0 Å². The third-order valence-corrected chi connectivity index (χ3v) is 5.66. The number of hydrogen-bond donors (Lipinski definition) is 1. The fraction of sp³-hybridized carbons (Fsp3) is 0.609. The first-order valence-corrected chi connectivity index (χ1v) is 11.6. The molecular weight excluding hydrogens is 464 g/mol. The summed E-state index contributed by atoms with van der Waals surface area (Å²) in [4.78, 5) is 39.2. The SMILES string of the molecule is CC(C)CCOC(=O)CC1C(=O)NCCN1C(=O)c1ccc(OCCC(C)C)c(Br)c1. The molecule has 1 atom stereocenters. The zero-order valence-electron chi connectivity index (χ0n) is 18.8. The van der Waals surface area contributed by atoms with Gasteiger partial charge in [-0.05, 0) is 58.8 Å². The lowest BCUT2D eigenvalue weighted by atomic mass is 10.1. The van der Waals surface area contributed by atoms with Crippen molar-refractivity contribution in [2.45, 2.75) is 53.0 Å². The van der Waals surface area contributed by atoms with Crippen LogP contribution in [0.15, 0.2) is 22.7 Å². The van der Waals surface area contributed by atoms with Crippen molar-refractivity contribution in [3.63, 3.8) is 0 Å². The molecule has 1 N–H and O–H groups in total. The van der Waals surface area contributed by atoms with Gasteiger partial charge < -0.3 is 19.7 Å². The van der Waals surface area contributed by atoms with Crippen LogP contribution < -0.4 is 10.1 Å². The van der Waals surface area contributed by atoms with E-state index in [1.54, 1.807) is 18.2 Å². The number of esters is 1. The number of nitrogens with one attached hydrogen (secondary N) is 1. The molecule has 0 saturated carbocycles. The molecule has 1 aliphatic heterocycles. The van der Waals surface area contributed by atoms with Crippen molar-refractivity contribution in [3.8, 4) is 5.75 Å². The van der Waals surface area contributed by atoms with Crippen LogP contribution in [0.25, 0.3) is 0 Å². The van der Waals surface area contributed by atoms with Crippen LogP contribution in [0.4, 0.5) is 0 Å². The van der Waals surface area contributed by atoms with E-state index in [2.05, 4.69) is 35.1 Å². The molecule has 0 bridgehead atoms.